The number of benzene rings is 12. The van der Waals surface area contributed by atoms with Crippen molar-refractivity contribution in [3.05, 3.63) is 496 Å². The lowest BCUT2D eigenvalue weighted by Crippen LogP contribution is -2.27. The number of aromatic nitrogens is 16. The number of methoxy groups -OCH3 is 1. The van der Waals surface area contributed by atoms with Crippen molar-refractivity contribution in [3.8, 4) is 5.75 Å². The van der Waals surface area contributed by atoms with E-state index in [-0.39, 0.29) is 0 Å². The molecule has 0 aliphatic rings. The number of hydrogen-bond donors (Lipinski definition) is 0. The maximum Gasteiger partial charge on any atom is 0.147 e. The first-order valence-electron chi connectivity index (χ1n) is 50.1. The number of fused-ring (bicyclic) bond motifs is 4. The summed E-state index contributed by atoms with van der Waals surface area (Å²) in [6, 6.07) is 126. The number of aryl methyl sites for hydroxylation is 8. The fourth-order valence-electron chi connectivity index (χ4n) is 17.8. The smallest absolute Gasteiger partial charge is 0.147 e. The molecule has 0 amide bonds. The number of unbranched alkanes of at least 4 members (excludes halogenated alkanes) is 1. The SMILES string of the molecule is COc1ccc(Cn2cnnc2CN(CCc2ccc(C)cc2)Cc2ccc3ccccc3n2)cc1.Cc1ccc(CCN(Cc2ccc3ccccc3n2)Cc2nncn2CCCCc2ccccc2)cc1.Cc1ccc(CCN(Cc2ccc3ccccc3n2)Cc2nncn2CCCc2ccccc2)cc1.Cc1ccc(CCN(Cc2ccc3ccccc3n2)Cc2nncn2Cc2ccccc2)cc1. The monoisotopic (exact) mass is 1890 g/mol. The van der Waals surface area contributed by atoms with Gasteiger partial charge < -0.3 is 23.0 Å². The molecule has 21 heteroatoms. The molecule has 0 radical (unpaired) electrons. The van der Waals surface area contributed by atoms with E-state index in [0.717, 1.165) is 222 Å². The van der Waals surface area contributed by atoms with Crippen LogP contribution in [0.4, 0.5) is 0 Å². The van der Waals surface area contributed by atoms with Crippen molar-refractivity contribution in [3.63, 3.8) is 0 Å². The van der Waals surface area contributed by atoms with Gasteiger partial charge in [-0.3, -0.25) is 39.5 Å². The van der Waals surface area contributed by atoms with Gasteiger partial charge in [-0.25, -0.2) is 0 Å². The van der Waals surface area contributed by atoms with Crippen LogP contribution in [-0.4, -0.2) is 132 Å². The Morgan fingerprint density at radius 3 is 0.790 bits per heavy atom. The second-order valence-electron chi connectivity index (χ2n) is 37.3. The Hall–Kier alpha value is -15.5. The van der Waals surface area contributed by atoms with Gasteiger partial charge in [0, 0.05) is 87.0 Å². The van der Waals surface area contributed by atoms with Crippen molar-refractivity contribution in [1.82, 2.24) is 98.6 Å². The quantitative estimate of drug-likeness (QED) is 0.0327. The zero-order valence-electron chi connectivity index (χ0n) is 82.9. The number of rotatable bonds is 42. The van der Waals surface area contributed by atoms with Crippen LogP contribution in [0.15, 0.2) is 383 Å². The topological polar surface area (TPSA) is 197 Å². The van der Waals surface area contributed by atoms with Gasteiger partial charge in [-0.1, -0.05) is 320 Å². The van der Waals surface area contributed by atoms with Crippen molar-refractivity contribution in [2.24, 2.45) is 0 Å². The lowest BCUT2D eigenvalue weighted by atomic mass is 10.1. The summed E-state index contributed by atoms with van der Waals surface area (Å²) in [5.41, 5.74) is 24.1. The van der Waals surface area contributed by atoms with Gasteiger partial charge in [0.1, 0.15) is 54.4 Å². The summed E-state index contributed by atoms with van der Waals surface area (Å²) in [6.07, 6.45) is 16.8. The summed E-state index contributed by atoms with van der Waals surface area (Å²) in [4.78, 5) is 29.4. The molecule has 0 N–H and O–H groups in total. The molecule has 21 nitrogen and oxygen atoms in total. The van der Waals surface area contributed by atoms with Crippen molar-refractivity contribution < 1.29 is 4.74 Å². The fraction of sp³-hybridized carbons (Fsp3) is 0.246. The molecule has 8 heterocycles. The normalized spacial score (nSPS) is 11.4. The summed E-state index contributed by atoms with van der Waals surface area (Å²) in [6.45, 7) is 21.5. The van der Waals surface area contributed by atoms with Crippen LogP contribution in [0.25, 0.3) is 43.6 Å². The summed E-state index contributed by atoms with van der Waals surface area (Å²) in [7, 11) is 1.68. The first kappa shape index (κ1) is 99.1. The van der Waals surface area contributed by atoms with Gasteiger partial charge >= 0.3 is 0 Å². The van der Waals surface area contributed by atoms with Gasteiger partial charge in [0.2, 0.25) is 0 Å². The molecule has 0 spiro atoms. The highest BCUT2D eigenvalue weighted by Gasteiger charge is 2.21. The second kappa shape index (κ2) is 51.6. The molecular weight excluding hydrogens is 1760 g/mol. The van der Waals surface area contributed by atoms with Crippen LogP contribution in [0.3, 0.4) is 0 Å². The van der Waals surface area contributed by atoms with Crippen molar-refractivity contribution in [1.29, 1.82) is 0 Å². The second-order valence-corrected chi connectivity index (χ2v) is 37.3. The highest BCUT2D eigenvalue weighted by atomic mass is 16.5. The number of ether oxygens (including phenoxy) is 1. The Bertz CT molecular complexity index is 7260. The van der Waals surface area contributed by atoms with Crippen LogP contribution in [0.1, 0.15) is 132 Å². The molecule has 0 unspecified atom stereocenters. The summed E-state index contributed by atoms with van der Waals surface area (Å²) in [5.74, 6) is 4.79. The van der Waals surface area contributed by atoms with Gasteiger partial charge in [0.05, 0.1) is 91.2 Å². The molecule has 0 aliphatic heterocycles. The summed E-state index contributed by atoms with van der Waals surface area (Å²) >= 11 is 0. The van der Waals surface area contributed by atoms with E-state index >= 15 is 0 Å². The van der Waals surface area contributed by atoms with Gasteiger partial charge in [0.25, 0.3) is 0 Å². The summed E-state index contributed by atoms with van der Waals surface area (Å²) in [5, 5.41) is 39.5. The largest absolute Gasteiger partial charge is 0.497 e. The van der Waals surface area contributed by atoms with Crippen LogP contribution in [0.5, 0.6) is 5.75 Å². The molecule has 12 aromatic carbocycles. The molecule has 0 aliphatic carbocycles. The van der Waals surface area contributed by atoms with Gasteiger partial charge in [-0.15, -0.1) is 40.8 Å². The fourth-order valence-corrected chi connectivity index (χ4v) is 17.8. The molecule has 0 saturated carbocycles. The summed E-state index contributed by atoms with van der Waals surface area (Å²) < 4.78 is 14.0. The predicted molar refractivity (Wildman–Crippen MR) is 575 cm³/mol. The molecule has 143 heavy (non-hydrogen) atoms. The van der Waals surface area contributed by atoms with Gasteiger partial charge in [0.15, 0.2) is 0 Å². The number of para-hydroxylation sites is 4. The highest BCUT2D eigenvalue weighted by Crippen LogP contribution is 2.25. The van der Waals surface area contributed by atoms with Crippen LogP contribution in [-0.2, 0) is 117 Å². The van der Waals surface area contributed by atoms with Crippen LogP contribution in [0.2, 0.25) is 0 Å². The first-order valence-corrected chi connectivity index (χ1v) is 50.1. The Morgan fingerprint density at radius 2 is 0.476 bits per heavy atom. The number of hydrogen-bond acceptors (Lipinski definition) is 17. The molecule has 0 atom stereocenters. The third kappa shape index (κ3) is 30.5. The average molecular weight is 1890 g/mol. The minimum atomic E-state index is 0.691. The number of nitrogens with zero attached hydrogens (tertiary/aromatic N) is 20. The van der Waals surface area contributed by atoms with E-state index in [1.165, 1.54) is 82.9 Å². The first-order chi connectivity index (χ1) is 70.3. The molecule has 8 aromatic heterocycles. The van der Waals surface area contributed by atoms with Gasteiger partial charge in [-0.05, 0) is 191 Å². The Kier molecular flexibility index (Phi) is 35.7. The zero-order chi connectivity index (χ0) is 97.8. The molecule has 20 aromatic rings. The minimum Gasteiger partial charge on any atom is -0.497 e. The van der Waals surface area contributed by atoms with Crippen molar-refractivity contribution >= 4 is 43.6 Å². The molecule has 20 rings (SSSR count). The molecular formula is C122H128N20O. The highest BCUT2D eigenvalue weighted by molar-refractivity contribution is 5.80. The standard InChI is InChI=1S/C32H35N5.C31H33N5.C30H31N5O.C29H29N5/c1-26-14-16-28(17-15-26)20-22-36(23-30-19-18-29-12-5-6-13-31(29)34-30)24-32-35-33-25-37(32)21-8-7-11-27-9-3-2-4-10-27;1-25-13-15-27(16-14-25)19-21-35(22-29-18-17-28-11-5-6-12-30(28)33-29)23-31-34-32-24-36(31)20-7-10-26-8-3-2-4-9-26;1-23-7-9-24(10-8-23)17-18-34(20-27-14-13-26-5-3-4-6-29(26)32-27)21-30-33-31-22-35(30)19-25-11-15-28(36-2)16-12-25;1-23-11-13-24(14-12-23)17-18-33(20-27-16-15-26-9-5-6-10-28(26)31-27)21-29-32-30-22-34(29)19-25-7-3-2-4-8-25/h2-6,9-10,12-19,25H,7-8,11,20-24H2,1H3;2-6,8-9,11-18,24H,7,10,19-23H2,1H3;3-16,22H,17-21H2,1-2H3;2-16,22H,17-21H2,1H3. The lowest BCUT2D eigenvalue weighted by Gasteiger charge is -2.22. The van der Waals surface area contributed by atoms with E-state index in [1.54, 1.807) is 7.11 Å². The Morgan fingerprint density at radius 1 is 0.224 bits per heavy atom. The average Bonchev–Trinajstić information content (AvgIpc) is 1.83. The maximum absolute atomic E-state index is 5.29. The Balaban J connectivity index is 0.000000131. The molecule has 722 valence electrons. The predicted octanol–water partition coefficient (Wildman–Crippen LogP) is 23.3. The van der Waals surface area contributed by atoms with Crippen LogP contribution >= 0.6 is 0 Å². The number of pyridine rings is 4. The van der Waals surface area contributed by atoms with E-state index in [1.807, 2.05) is 67.8 Å². The van der Waals surface area contributed by atoms with E-state index in [9.17, 15) is 0 Å². The molecule has 0 bridgehead atoms. The molecule has 0 saturated heterocycles. The van der Waals surface area contributed by atoms with Gasteiger partial charge in [-0.2, -0.15) is 0 Å². The van der Waals surface area contributed by atoms with Crippen LogP contribution < -0.4 is 4.74 Å². The van der Waals surface area contributed by atoms with E-state index in [4.69, 9.17) is 24.7 Å². The minimum absolute atomic E-state index is 0.691. The van der Waals surface area contributed by atoms with Crippen LogP contribution in [0, 0.1) is 27.7 Å². The third-order valence-corrected chi connectivity index (χ3v) is 26.1. The van der Waals surface area contributed by atoms with E-state index in [2.05, 4.69) is 422 Å². The molecule has 0 fully saturated rings. The maximum atomic E-state index is 5.29. The third-order valence-electron chi connectivity index (χ3n) is 26.1. The van der Waals surface area contributed by atoms with E-state index in [0.29, 0.717) is 19.6 Å². The zero-order valence-corrected chi connectivity index (χ0v) is 82.9. The van der Waals surface area contributed by atoms with E-state index < -0.39 is 0 Å². The van der Waals surface area contributed by atoms with Crippen molar-refractivity contribution in [2.75, 3.05) is 33.3 Å². The Labute approximate surface area is 840 Å². The van der Waals surface area contributed by atoms with Crippen molar-refractivity contribution in [2.45, 2.75) is 164 Å². The lowest BCUT2D eigenvalue weighted by molar-refractivity contribution is 0.246.